The predicted octanol–water partition coefficient (Wildman–Crippen LogP) is 2.88. The van der Waals surface area contributed by atoms with E-state index in [1.807, 2.05) is 66.7 Å². The molecule has 3 aromatic rings. The zero-order chi connectivity index (χ0) is 22.2. The molecule has 0 spiro atoms. The van der Waals surface area contributed by atoms with Crippen LogP contribution in [0, 0.1) is 0 Å². The Morgan fingerprint density at radius 2 is 1.65 bits per heavy atom. The van der Waals surface area contributed by atoms with Crippen LogP contribution in [0.25, 0.3) is 10.8 Å². The number of nitrogens with zero attached hydrogens (tertiary/aromatic N) is 1. The first-order valence-corrected chi connectivity index (χ1v) is 10.5. The van der Waals surface area contributed by atoms with Gasteiger partial charge in [-0.15, -0.1) is 0 Å². The Kier molecular flexibility index (Phi) is 7.76. The number of hydrogen-bond donors (Lipinski definition) is 2. The molecule has 0 aliphatic heterocycles. The average molecular weight is 420 g/mol. The van der Waals surface area contributed by atoms with Crippen LogP contribution < -0.4 is 16.2 Å². The van der Waals surface area contributed by atoms with Crippen molar-refractivity contribution in [3.8, 4) is 5.75 Å². The van der Waals surface area contributed by atoms with Gasteiger partial charge in [0.05, 0.1) is 6.04 Å². The lowest BCUT2D eigenvalue weighted by Crippen LogP contribution is -2.51. The van der Waals surface area contributed by atoms with Crippen LogP contribution in [-0.4, -0.2) is 42.5 Å². The molecular weight excluding hydrogens is 390 g/mol. The lowest BCUT2D eigenvalue weighted by molar-refractivity contribution is -0.147. The number of esters is 1. The van der Waals surface area contributed by atoms with E-state index in [1.165, 1.54) is 4.90 Å². The van der Waals surface area contributed by atoms with Crippen molar-refractivity contribution in [3.05, 3.63) is 78.4 Å². The maximum absolute atomic E-state index is 13.2. The smallest absolute Gasteiger partial charge is 0.334 e. The maximum Gasteiger partial charge on any atom is 0.334 e. The molecule has 3 aromatic carbocycles. The standard InChI is InChI=1S/C25H29N3O3/c1-28(24(29)22(27)12-7-15-26)23(16-18-8-3-2-4-9-18)25(30)31-21-14-13-19-10-5-6-11-20(19)17-21/h2-6,8-11,13-14,17,22-23H,7,12,15-16,26-27H2,1H3/t22-,23-/m0/s1. The van der Waals surface area contributed by atoms with Crippen LogP contribution in [0.3, 0.4) is 0 Å². The van der Waals surface area contributed by atoms with E-state index in [1.54, 1.807) is 13.1 Å². The molecule has 0 unspecified atom stereocenters. The second-order valence-electron chi connectivity index (χ2n) is 7.62. The molecule has 0 aliphatic carbocycles. The number of carbonyl (C=O) groups excluding carboxylic acids is 2. The van der Waals surface area contributed by atoms with E-state index in [9.17, 15) is 9.59 Å². The molecule has 0 saturated heterocycles. The monoisotopic (exact) mass is 419 g/mol. The van der Waals surface area contributed by atoms with Gasteiger partial charge < -0.3 is 21.1 Å². The number of ether oxygens (including phenoxy) is 1. The third-order valence-corrected chi connectivity index (χ3v) is 5.33. The molecule has 3 rings (SSSR count). The van der Waals surface area contributed by atoms with E-state index in [0.29, 0.717) is 31.6 Å². The molecule has 6 nitrogen and oxygen atoms in total. The molecule has 4 N–H and O–H groups in total. The molecule has 0 heterocycles. The first-order valence-electron chi connectivity index (χ1n) is 10.5. The van der Waals surface area contributed by atoms with Gasteiger partial charge in [-0.05, 0) is 47.9 Å². The van der Waals surface area contributed by atoms with E-state index in [0.717, 1.165) is 16.3 Å². The minimum absolute atomic E-state index is 0.301. The summed E-state index contributed by atoms with van der Waals surface area (Å²) in [5.41, 5.74) is 12.5. The van der Waals surface area contributed by atoms with Gasteiger partial charge in [0, 0.05) is 13.5 Å². The van der Waals surface area contributed by atoms with E-state index in [-0.39, 0.29) is 5.91 Å². The van der Waals surface area contributed by atoms with Crippen LogP contribution in [-0.2, 0) is 16.0 Å². The van der Waals surface area contributed by atoms with Crippen molar-refractivity contribution in [1.29, 1.82) is 0 Å². The molecule has 0 fully saturated rings. The predicted molar refractivity (Wildman–Crippen MR) is 123 cm³/mol. The maximum atomic E-state index is 13.2. The summed E-state index contributed by atoms with van der Waals surface area (Å²) in [7, 11) is 1.60. The van der Waals surface area contributed by atoms with Crippen LogP contribution in [0.15, 0.2) is 72.8 Å². The molecule has 6 heteroatoms. The largest absolute Gasteiger partial charge is 0.425 e. The lowest BCUT2D eigenvalue weighted by Gasteiger charge is -2.29. The number of fused-ring (bicyclic) bond motifs is 1. The number of hydrogen-bond acceptors (Lipinski definition) is 5. The highest BCUT2D eigenvalue weighted by atomic mass is 16.5. The molecule has 1 amide bonds. The number of carbonyl (C=O) groups is 2. The van der Waals surface area contributed by atoms with Gasteiger partial charge in [0.1, 0.15) is 11.8 Å². The molecule has 2 atom stereocenters. The van der Waals surface area contributed by atoms with Crippen LogP contribution in [0.4, 0.5) is 0 Å². The van der Waals surface area contributed by atoms with Gasteiger partial charge in [0.15, 0.2) is 0 Å². The normalized spacial score (nSPS) is 12.9. The zero-order valence-electron chi connectivity index (χ0n) is 17.7. The number of benzene rings is 3. The fraction of sp³-hybridized carbons (Fsp3) is 0.280. The van der Waals surface area contributed by atoms with Crippen molar-refractivity contribution in [3.63, 3.8) is 0 Å². The topological polar surface area (TPSA) is 98.6 Å². The molecule has 0 aromatic heterocycles. The van der Waals surface area contributed by atoms with Crippen LogP contribution in [0.2, 0.25) is 0 Å². The Morgan fingerprint density at radius 3 is 2.35 bits per heavy atom. The lowest BCUT2D eigenvalue weighted by atomic mass is 10.0. The Bertz CT molecular complexity index is 1020. The van der Waals surface area contributed by atoms with Crippen LogP contribution >= 0.6 is 0 Å². The number of likely N-dealkylation sites (N-methyl/N-ethyl adjacent to an activating group) is 1. The van der Waals surface area contributed by atoms with Gasteiger partial charge in [-0.25, -0.2) is 4.79 Å². The summed E-state index contributed by atoms with van der Waals surface area (Å²) >= 11 is 0. The summed E-state index contributed by atoms with van der Waals surface area (Å²) < 4.78 is 5.70. The summed E-state index contributed by atoms with van der Waals surface area (Å²) in [5, 5.41) is 2.03. The Morgan fingerprint density at radius 1 is 0.968 bits per heavy atom. The minimum Gasteiger partial charge on any atom is -0.425 e. The second-order valence-corrected chi connectivity index (χ2v) is 7.62. The van der Waals surface area contributed by atoms with Gasteiger partial charge >= 0.3 is 5.97 Å². The summed E-state index contributed by atoms with van der Waals surface area (Å²) in [5.74, 6) is -0.360. The third-order valence-electron chi connectivity index (χ3n) is 5.33. The van der Waals surface area contributed by atoms with E-state index >= 15 is 0 Å². The van der Waals surface area contributed by atoms with Crippen LogP contribution in [0.1, 0.15) is 18.4 Å². The Hall–Kier alpha value is -3.22. The minimum atomic E-state index is -0.801. The summed E-state index contributed by atoms with van der Waals surface area (Å²) in [6, 6.07) is 21.4. The summed E-state index contributed by atoms with van der Waals surface area (Å²) in [4.78, 5) is 27.4. The second kappa shape index (κ2) is 10.7. The van der Waals surface area contributed by atoms with E-state index in [4.69, 9.17) is 16.2 Å². The molecule has 0 bridgehead atoms. The third kappa shape index (κ3) is 5.90. The highest BCUT2D eigenvalue weighted by Crippen LogP contribution is 2.22. The average Bonchev–Trinajstić information content (AvgIpc) is 2.80. The van der Waals surface area contributed by atoms with Gasteiger partial charge in [0.25, 0.3) is 0 Å². The summed E-state index contributed by atoms with van der Waals surface area (Å²) in [6.45, 7) is 0.460. The molecule has 31 heavy (non-hydrogen) atoms. The number of rotatable bonds is 9. The molecule has 162 valence electrons. The van der Waals surface area contributed by atoms with Gasteiger partial charge in [-0.1, -0.05) is 60.7 Å². The van der Waals surface area contributed by atoms with Gasteiger partial charge in [-0.2, -0.15) is 0 Å². The van der Waals surface area contributed by atoms with Crippen molar-refractivity contribution in [2.75, 3.05) is 13.6 Å². The molecular formula is C25H29N3O3. The first-order chi connectivity index (χ1) is 15.0. The zero-order valence-corrected chi connectivity index (χ0v) is 17.7. The van der Waals surface area contributed by atoms with Crippen molar-refractivity contribution in [2.24, 2.45) is 11.5 Å². The first kappa shape index (κ1) is 22.5. The Balaban J connectivity index is 1.81. The summed E-state index contributed by atoms with van der Waals surface area (Å²) in [6.07, 6.45) is 1.45. The number of amides is 1. The molecule has 0 radical (unpaired) electrons. The van der Waals surface area contributed by atoms with Crippen LogP contribution in [0.5, 0.6) is 5.75 Å². The quantitative estimate of drug-likeness (QED) is 0.410. The van der Waals surface area contributed by atoms with Crippen molar-refractivity contribution in [1.82, 2.24) is 4.90 Å². The fourth-order valence-corrected chi connectivity index (χ4v) is 3.51. The highest BCUT2D eigenvalue weighted by Gasteiger charge is 2.31. The fourth-order valence-electron chi connectivity index (χ4n) is 3.51. The SMILES string of the molecule is CN(C(=O)[C@@H](N)CCCN)[C@@H](Cc1ccccc1)C(=O)Oc1ccc2ccccc2c1. The van der Waals surface area contributed by atoms with Crippen molar-refractivity contribution < 1.29 is 14.3 Å². The van der Waals surface area contributed by atoms with Gasteiger partial charge in [-0.3, -0.25) is 4.79 Å². The van der Waals surface area contributed by atoms with E-state index < -0.39 is 18.1 Å². The number of nitrogens with two attached hydrogens (primary N) is 2. The highest BCUT2D eigenvalue weighted by molar-refractivity contribution is 5.89. The Labute approximate surface area is 182 Å². The van der Waals surface area contributed by atoms with Gasteiger partial charge in [0.2, 0.25) is 5.91 Å². The molecule has 0 saturated carbocycles. The van der Waals surface area contributed by atoms with E-state index in [2.05, 4.69) is 0 Å². The molecule has 0 aliphatic rings. The van der Waals surface area contributed by atoms with Crippen molar-refractivity contribution in [2.45, 2.75) is 31.3 Å². The van der Waals surface area contributed by atoms with Crippen molar-refractivity contribution >= 4 is 22.6 Å².